The Kier molecular flexibility index (Phi) is 5.36. The number of aromatic nitrogens is 1. The Labute approximate surface area is 165 Å². The Bertz CT molecular complexity index is 966. The standard InChI is InChI=1S/C21H22N2O2S2/c1-2-27(25)19-12-6-3-9-16(19)21(24)23-13-7-8-15(14-23)20-22-17-10-4-5-11-18(17)26-20/h3-6,9-12,15H,2,7-8,13-14H2,1H3/t15-,27-/m1/s1. The van der Waals surface area contributed by atoms with Crippen LogP contribution < -0.4 is 0 Å². The Hall–Kier alpha value is -2.05. The van der Waals surface area contributed by atoms with E-state index in [1.54, 1.807) is 17.4 Å². The fourth-order valence-corrected chi connectivity index (χ4v) is 5.63. The highest BCUT2D eigenvalue weighted by Gasteiger charge is 2.29. The van der Waals surface area contributed by atoms with Crippen LogP contribution in [0.1, 0.15) is 41.0 Å². The van der Waals surface area contributed by atoms with Gasteiger partial charge in [-0.25, -0.2) is 4.98 Å². The molecule has 6 heteroatoms. The van der Waals surface area contributed by atoms with Crippen LogP contribution in [-0.4, -0.2) is 38.8 Å². The average Bonchev–Trinajstić information content (AvgIpc) is 3.17. The van der Waals surface area contributed by atoms with Crippen LogP contribution in [0.3, 0.4) is 0 Å². The van der Waals surface area contributed by atoms with Gasteiger partial charge in [0.2, 0.25) is 0 Å². The van der Waals surface area contributed by atoms with Gasteiger partial charge >= 0.3 is 0 Å². The van der Waals surface area contributed by atoms with E-state index in [-0.39, 0.29) is 11.8 Å². The number of amides is 1. The van der Waals surface area contributed by atoms with Gasteiger partial charge in [-0.15, -0.1) is 11.3 Å². The summed E-state index contributed by atoms with van der Waals surface area (Å²) in [5, 5.41) is 1.11. The summed E-state index contributed by atoms with van der Waals surface area (Å²) in [7, 11) is -1.14. The van der Waals surface area contributed by atoms with Crippen molar-refractivity contribution in [3.8, 4) is 0 Å². The summed E-state index contributed by atoms with van der Waals surface area (Å²) in [6.45, 7) is 3.29. The Morgan fingerprint density at radius 1 is 1.22 bits per heavy atom. The molecule has 2 atom stereocenters. The van der Waals surface area contributed by atoms with Gasteiger partial charge < -0.3 is 4.90 Å². The monoisotopic (exact) mass is 398 g/mol. The molecule has 1 amide bonds. The Balaban J connectivity index is 1.58. The highest BCUT2D eigenvalue weighted by molar-refractivity contribution is 7.85. The first kappa shape index (κ1) is 18.3. The first-order valence-corrected chi connectivity index (χ1v) is 11.4. The molecule has 0 unspecified atom stereocenters. The van der Waals surface area contributed by atoms with Gasteiger partial charge in [-0.05, 0) is 37.1 Å². The summed E-state index contributed by atoms with van der Waals surface area (Å²) >= 11 is 1.73. The van der Waals surface area contributed by atoms with E-state index < -0.39 is 10.8 Å². The number of hydrogen-bond donors (Lipinski definition) is 0. The zero-order valence-electron chi connectivity index (χ0n) is 15.3. The third-order valence-electron chi connectivity index (χ3n) is 4.99. The van der Waals surface area contributed by atoms with E-state index in [9.17, 15) is 9.00 Å². The average molecular weight is 399 g/mol. The minimum atomic E-state index is -1.14. The van der Waals surface area contributed by atoms with Gasteiger partial charge in [0, 0.05) is 24.8 Å². The van der Waals surface area contributed by atoms with Gasteiger partial charge in [-0.3, -0.25) is 9.00 Å². The van der Waals surface area contributed by atoms with Gasteiger partial charge in [0.25, 0.3) is 5.91 Å². The fraction of sp³-hybridized carbons (Fsp3) is 0.333. The summed E-state index contributed by atoms with van der Waals surface area (Å²) in [5.74, 6) is 0.765. The number of nitrogens with zero attached hydrogens (tertiary/aromatic N) is 2. The molecule has 140 valence electrons. The maximum Gasteiger partial charge on any atom is 0.255 e. The van der Waals surface area contributed by atoms with Crippen molar-refractivity contribution in [2.75, 3.05) is 18.8 Å². The summed E-state index contributed by atoms with van der Waals surface area (Å²) in [6.07, 6.45) is 2.01. The summed E-state index contributed by atoms with van der Waals surface area (Å²) < 4.78 is 13.5. The molecule has 3 aromatic rings. The van der Waals surface area contributed by atoms with Crippen LogP contribution in [0.4, 0.5) is 0 Å². The molecule has 2 aromatic carbocycles. The lowest BCUT2D eigenvalue weighted by Gasteiger charge is -2.32. The summed E-state index contributed by atoms with van der Waals surface area (Å²) in [4.78, 5) is 20.5. The van der Waals surface area contributed by atoms with E-state index in [1.165, 1.54) is 4.70 Å². The largest absolute Gasteiger partial charge is 0.338 e. The molecule has 0 saturated carbocycles. The molecular weight excluding hydrogens is 376 g/mol. The Morgan fingerprint density at radius 3 is 2.81 bits per heavy atom. The first-order chi connectivity index (χ1) is 13.2. The van der Waals surface area contributed by atoms with E-state index >= 15 is 0 Å². The van der Waals surface area contributed by atoms with Gasteiger partial charge in [0.05, 0.1) is 36.5 Å². The predicted molar refractivity (Wildman–Crippen MR) is 111 cm³/mol. The zero-order valence-corrected chi connectivity index (χ0v) is 16.9. The second-order valence-electron chi connectivity index (χ2n) is 6.74. The number of rotatable bonds is 4. The first-order valence-electron chi connectivity index (χ1n) is 9.29. The highest BCUT2D eigenvalue weighted by atomic mass is 32.2. The van der Waals surface area contributed by atoms with Crippen LogP contribution in [0, 0.1) is 0 Å². The molecule has 4 nitrogen and oxygen atoms in total. The number of carbonyl (C=O) groups is 1. The summed E-state index contributed by atoms with van der Waals surface area (Å²) in [6, 6.07) is 15.5. The van der Waals surface area contributed by atoms with Gasteiger partial charge in [0.1, 0.15) is 0 Å². The van der Waals surface area contributed by atoms with Crippen molar-refractivity contribution in [3.63, 3.8) is 0 Å². The number of thiazole rings is 1. The van der Waals surface area contributed by atoms with Crippen molar-refractivity contribution >= 4 is 38.3 Å². The number of hydrogen-bond acceptors (Lipinski definition) is 4. The van der Waals surface area contributed by atoms with Crippen LogP contribution >= 0.6 is 11.3 Å². The lowest BCUT2D eigenvalue weighted by molar-refractivity contribution is 0.0703. The molecule has 0 N–H and O–H groups in total. The molecule has 1 aromatic heterocycles. The Morgan fingerprint density at radius 2 is 2.00 bits per heavy atom. The number of carbonyl (C=O) groups excluding carboxylic acids is 1. The van der Waals surface area contributed by atoms with E-state index in [2.05, 4.69) is 6.07 Å². The predicted octanol–water partition coefficient (Wildman–Crippen LogP) is 4.44. The van der Waals surface area contributed by atoms with Crippen molar-refractivity contribution in [3.05, 3.63) is 59.1 Å². The molecule has 1 saturated heterocycles. The topological polar surface area (TPSA) is 50.3 Å². The van der Waals surface area contributed by atoms with Crippen molar-refractivity contribution in [1.29, 1.82) is 0 Å². The summed E-state index contributed by atoms with van der Waals surface area (Å²) in [5.41, 5.74) is 1.60. The molecule has 1 aliphatic heterocycles. The molecule has 1 fully saturated rings. The van der Waals surface area contributed by atoms with E-state index in [0.717, 1.165) is 29.9 Å². The van der Waals surface area contributed by atoms with Crippen LogP contribution in [0.2, 0.25) is 0 Å². The van der Waals surface area contributed by atoms with Gasteiger partial charge in [-0.1, -0.05) is 31.2 Å². The minimum absolute atomic E-state index is 0.0155. The number of likely N-dealkylation sites (tertiary alicyclic amines) is 1. The quantitative estimate of drug-likeness (QED) is 0.653. The van der Waals surface area contributed by atoms with Crippen molar-refractivity contribution in [2.45, 2.75) is 30.6 Å². The van der Waals surface area contributed by atoms with E-state index in [1.807, 2.05) is 48.2 Å². The lowest BCUT2D eigenvalue weighted by atomic mass is 9.98. The maximum absolute atomic E-state index is 13.2. The minimum Gasteiger partial charge on any atom is -0.338 e. The number of benzene rings is 2. The van der Waals surface area contributed by atoms with Crippen LogP contribution in [0.25, 0.3) is 10.2 Å². The van der Waals surface area contributed by atoms with Crippen molar-refractivity contribution < 1.29 is 9.00 Å². The zero-order chi connectivity index (χ0) is 18.8. The maximum atomic E-state index is 13.2. The second-order valence-corrected chi connectivity index (χ2v) is 9.51. The van der Waals surface area contributed by atoms with Gasteiger partial charge in [-0.2, -0.15) is 0 Å². The fourth-order valence-electron chi connectivity index (χ4n) is 3.60. The number of fused-ring (bicyclic) bond motifs is 1. The highest BCUT2D eigenvalue weighted by Crippen LogP contribution is 2.33. The number of piperidine rings is 1. The third kappa shape index (κ3) is 3.69. The smallest absolute Gasteiger partial charge is 0.255 e. The molecule has 0 bridgehead atoms. The normalized spacial score (nSPS) is 18.6. The van der Waals surface area contributed by atoms with Crippen molar-refractivity contribution in [2.24, 2.45) is 0 Å². The molecular formula is C21H22N2O2S2. The molecule has 1 aliphatic rings. The van der Waals surface area contributed by atoms with Crippen LogP contribution in [-0.2, 0) is 10.8 Å². The third-order valence-corrected chi connectivity index (χ3v) is 7.56. The SMILES string of the molecule is CC[S@@](=O)c1ccccc1C(=O)N1CCC[C@@H](c2nc3ccccc3s2)C1. The van der Waals surface area contributed by atoms with E-state index in [4.69, 9.17) is 4.98 Å². The van der Waals surface area contributed by atoms with Crippen molar-refractivity contribution in [1.82, 2.24) is 9.88 Å². The molecule has 4 rings (SSSR count). The molecule has 0 radical (unpaired) electrons. The molecule has 0 spiro atoms. The molecule has 2 heterocycles. The van der Waals surface area contributed by atoms with Gasteiger partial charge in [0.15, 0.2) is 0 Å². The van der Waals surface area contributed by atoms with Crippen LogP contribution in [0.15, 0.2) is 53.4 Å². The van der Waals surface area contributed by atoms with E-state index in [0.29, 0.717) is 22.8 Å². The molecule has 0 aliphatic carbocycles. The number of para-hydroxylation sites is 1. The molecule has 27 heavy (non-hydrogen) atoms. The lowest BCUT2D eigenvalue weighted by Crippen LogP contribution is -2.39. The second kappa shape index (κ2) is 7.90. The van der Waals surface area contributed by atoms with Crippen LogP contribution in [0.5, 0.6) is 0 Å².